The fourth-order valence-corrected chi connectivity index (χ4v) is 2.93. The number of hydrogen-bond donors (Lipinski definition) is 0. The standard InChI is InChI=1S/C19H14ClN5O3/c20-19-14(9-13-3-1-2-4-18(13)21-19)10-24-11-15(22-23-24)12-28-17-7-5-16(6-8-17)25(26)27/h1-9,11H,10,12H2. The Hall–Kier alpha value is -3.52. The number of halogens is 1. The molecule has 0 unspecified atom stereocenters. The van der Waals surface area contributed by atoms with Crippen LogP contribution in [0.15, 0.2) is 60.8 Å². The third-order valence-corrected chi connectivity index (χ3v) is 4.43. The number of nitrogens with zero attached hydrogens (tertiary/aromatic N) is 5. The lowest BCUT2D eigenvalue weighted by Gasteiger charge is -2.06. The zero-order valence-corrected chi connectivity index (χ0v) is 15.3. The van der Waals surface area contributed by atoms with Crippen LogP contribution in [0, 0.1) is 10.1 Å². The van der Waals surface area contributed by atoms with Crippen molar-refractivity contribution < 1.29 is 9.66 Å². The Morgan fingerprint density at radius 2 is 1.93 bits per heavy atom. The van der Waals surface area contributed by atoms with Gasteiger partial charge in [0.2, 0.25) is 0 Å². The third kappa shape index (κ3) is 3.91. The molecular formula is C19H14ClN5O3. The highest BCUT2D eigenvalue weighted by Crippen LogP contribution is 2.21. The molecule has 0 fully saturated rings. The normalized spacial score (nSPS) is 10.9. The summed E-state index contributed by atoms with van der Waals surface area (Å²) in [6.07, 6.45) is 1.76. The van der Waals surface area contributed by atoms with Crippen molar-refractivity contribution in [3.8, 4) is 5.75 Å². The van der Waals surface area contributed by atoms with Crippen molar-refractivity contribution in [2.24, 2.45) is 0 Å². The van der Waals surface area contributed by atoms with Gasteiger partial charge in [-0.1, -0.05) is 35.0 Å². The van der Waals surface area contributed by atoms with Crippen LogP contribution in [0.4, 0.5) is 5.69 Å². The number of non-ortho nitro benzene ring substituents is 1. The first kappa shape index (κ1) is 17.9. The molecule has 2 aromatic carbocycles. The zero-order valence-electron chi connectivity index (χ0n) is 14.5. The molecule has 0 saturated heterocycles. The van der Waals surface area contributed by atoms with Crippen LogP contribution in [0.3, 0.4) is 0 Å². The van der Waals surface area contributed by atoms with Gasteiger partial charge < -0.3 is 4.74 Å². The molecule has 0 saturated carbocycles. The van der Waals surface area contributed by atoms with Gasteiger partial charge >= 0.3 is 0 Å². The molecule has 8 nitrogen and oxygen atoms in total. The van der Waals surface area contributed by atoms with Crippen molar-refractivity contribution in [1.82, 2.24) is 20.0 Å². The SMILES string of the molecule is O=[N+]([O-])c1ccc(OCc2cn(Cc3cc4ccccc4nc3Cl)nn2)cc1. The number of fused-ring (bicyclic) bond motifs is 1. The van der Waals surface area contributed by atoms with Crippen LogP contribution in [-0.2, 0) is 13.2 Å². The van der Waals surface area contributed by atoms with Gasteiger partial charge in [-0.3, -0.25) is 10.1 Å². The molecule has 4 rings (SSSR count). The summed E-state index contributed by atoms with van der Waals surface area (Å²) in [5.74, 6) is 0.516. The minimum absolute atomic E-state index is 0.0131. The van der Waals surface area contributed by atoms with E-state index in [1.54, 1.807) is 23.0 Å². The lowest BCUT2D eigenvalue weighted by molar-refractivity contribution is -0.384. The smallest absolute Gasteiger partial charge is 0.269 e. The summed E-state index contributed by atoms with van der Waals surface area (Å²) in [6.45, 7) is 0.628. The molecule has 0 aliphatic heterocycles. The van der Waals surface area contributed by atoms with Gasteiger partial charge in [0.05, 0.1) is 23.2 Å². The molecule has 0 amide bonds. The van der Waals surface area contributed by atoms with Crippen LogP contribution < -0.4 is 4.74 Å². The number of para-hydroxylation sites is 1. The van der Waals surface area contributed by atoms with Crippen LogP contribution in [0.5, 0.6) is 5.75 Å². The third-order valence-electron chi connectivity index (χ3n) is 4.10. The monoisotopic (exact) mass is 395 g/mol. The number of benzene rings is 2. The molecule has 9 heteroatoms. The molecule has 0 atom stereocenters. The van der Waals surface area contributed by atoms with Crippen LogP contribution in [0.25, 0.3) is 10.9 Å². The molecule has 140 valence electrons. The second-order valence-electron chi connectivity index (χ2n) is 6.08. The maximum Gasteiger partial charge on any atom is 0.269 e. The van der Waals surface area contributed by atoms with Crippen LogP contribution >= 0.6 is 11.6 Å². The number of ether oxygens (including phenoxy) is 1. The molecule has 0 bridgehead atoms. The van der Waals surface area contributed by atoms with Gasteiger partial charge in [-0.15, -0.1) is 5.10 Å². The molecule has 4 aromatic rings. The van der Waals surface area contributed by atoms with Crippen molar-refractivity contribution >= 4 is 28.2 Å². The first-order valence-electron chi connectivity index (χ1n) is 8.39. The Bertz CT molecular complexity index is 1140. The highest BCUT2D eigenvalue weighted by atomic mass is 35.5. The van der Waals surface area contributed by atoms with E-state index in [1.165, 1.54) is 12.1 Å². The maximum absolute atomic E-state index is 10.7. The van der Waals surface area contributed by atoms with Crippen molar-refractivity contribution in [1.29, 1.82) is 0 Å². The second kappa shape index (κ2) is 7.61. The second-order valence-corrected chi connectivity index (χ2v) is 6.44. The number of rotatable bonds is 6. The van der Waals surface area contributed by atoms with Crippen LogP contribution in [0.1, 0.15) is 11.3 Å². The fourth-order valence-electron chi connectivity index (χ4n) is 2.72. The average molecular weight is 396 g/mol. The largest absolute Gasteiger partial charge is 0.487 e. The summed E-state index contributed by atoms with van der Waals surface area (Å²) in [4.78, 5) is 14.6. The lowest BCUT2D eigenvalue weighted by atomic mass is 10.1. The molecule has 0 spiro atoms. The van der Waals surface area contributed by atoms with Crippen molar-refractivity contribution in [2.75, 3.05) is 0 Å². The molecule has 2 aromatic heterocycles. The highest BCUT2D eigenvalue weighted by molar-refractivity contribution is 6.30. The van der Waals surface area contributed by atoms with Gasteiger partial charge in [-0.25, -0.2) is 9.67 Å². The molecule has 0 aliphatic rings. The fraction of sp³-hybridized carbons (Fsp3) is 0.105. The highest BCUT2D eigenvalue weighted by Gasteiger charge is 2.09. The number of aromatic nitrogens is 4. The lowest BCUT2D eigenvalue weighted by Crippen LogP contribution is -2.02. The number of hydrogen-bond acceptors (Lipinski definition) is 6. The molecule has 0 N–H and O–H groups in total. The quantitative estimate of drug-likeness (QED) is 0.278. The Morgan fingerprint density at radius 3 is 2.71 bits per heavy atom. The van der Waals surface area contributed by atoms with Gasteiger partial charge in [0.25, 0.3) is 5.69 Å². The van der Waals surface area contributed by atoms with Crippen LogP contribution in [0.2, 0.25) is 5.15 Å². The van der Waals surface area contributed by atoms with E-state index in [4.69, 9.17) is 16.3 Å². The topological polar surface area (TPSA) is 96.0 Å². The number of pyridine rings is 1. The average Bonchev–Trinajstić information content (AvgIpc) is 3.15. The van der Waals surface area contributed by atoms with E-state index in [2.05, 4.69) is 15.3 Å². The summed E-state index contributed by atoms with van der Waals surface area (Å²) >= 11 is 6.29. The minimum Gasteiger partial charge on any atom is -0.487 e. The predicted octanol–water partition coefficient (Wildman–Crippen LogP) is 4.02. The summed E-state index contributed by atoms with van der Waals surface area (Å²) in [5.41, 5.74) is 2.32. The summed E-state index contributed by atoms with van der Waals surface area (Å²) in [5, 5.41) is 20.3. The summed E-state index contributed by atoms with van der Waals surface area (Å²) in [6, 6.07) is 15.6. The maximum atomic E-state index is 10.7. The van der Waals surface area contributed by atoms with E-state index in [-0.39, 0.29) is 12.3 Å². The molecule has 2 heterocycles. The molecule has 28 heavy (non-hydrogen) atoms. The summed E-state index contributed by atoms with van der Waals surface area (Å²) in [7, 11) is 0. The predicted molar refractivity (Wildman–Crippen MR) is 103 cm³/mol. The Morgan fingerprint density at radius 1 is 1.14 bits per heavy atom. The molecular weight excluding hydrogens is 382 g/mol. The van der Waals surface area contributed by atoms with Crippen LogP contribution in [-0.4, -0.2) is 24.9 Å². The van der Waals surface area contributed by atoms with E-state index >= 15 is 0 Å². The summed E-state index contributed by atoms with van der Waals surface area (Å²) < 4.78 is 7.25. The van der Waals surface area contributed by atoms with Gasteiger partial charge in [0.1, 0.15) is 23.2 Å². The van der Waals surface area contributed by atoms with Crippen molar-refractivity contribution in [3.63, 3.8) is 0 Å². The Kier molecular flexibility index (Phi) is 4.86. The van der Waals surface area contributed by atoms with E-state index < -0.39 is 4.92 Å². The van der Waals surface area contributed by atoms with Crippen molar-refractivity contribution in [2.45, 2.75) is 13.2 Å². The van der Waals surface area contributed by atoms with E-state index in [1.807, 2.05) is 30.3 Å². The van der Waals surface area contributed by atoms with Crippen molar-refractivity contribution in [3.05, 3.63) is 87.3 Å². The Labute approximate surface area is 164 Å². The first-order chi connectivity index (χ1) is 13.6. The number of nitro benzene ring substituents is 1. The minimum atomic E-state index is -0.456. The van der Waals surface area contributed by atoms with Gasteiger partial charge in [0, 0.05) is 23.1 Å². The van der Waals surface area contributed by atoms with Gasteiger partial charge in [-0.05, 0) is 24.3 Å². The molecule has 0 aliphatic carbocycles. The zero-order chi connectivity index (χ0) is 19.5. The first-order valence-corrected chi connectivity index (χ1v) is 8.77. The molecule has 0 radical (unpaired) electrons. The van der Waals surface area contributed by atoms with E-state index in [9.17, 15) is 10.1 Å². The Balaban J connectivity index is 1.43. The van der Waals surface area contributed by atoms with E-state index in [0.29, 0.717) is 23.1 Å². The van der Waals surface area contributed by atoms with Gasteiger partial charge in [-0.2, -0.15) is 0 Å². The number of nitro groups is 1. The van der Waals surface area contributed by atoms with Gasteiger partial charge in [0.15, 0.2) is 0 Å². The van der Waals surface area contributed by atoms with E-state index in [0.717, 1.165) is 16.5 Å².